The summed E-state index contributed by atoms with van der Waals surface area (Å²) in [5, 5.41) is 11.8. The average Bonchev–Trinajstić information content (AvgIpc) is 3.21. The highest BCUT2D eigenvalue weighted by Gasteiger charge is 2.29. The van der Waals surface area contributed by atoms with E-state index < -0.39 is 17.0 Å². The molecule has 31 heavy (non-hydrogen) atoms. The number of hydrogen-bond donors (Lipinski definition) is 1. The Bertz CT molecular complexity index is 1290. The number of esters is 1. The zero-order valence-corrected chi connectivity index (χ0v) is 16.6. The molecule has 0 aliphatic heterocycles. The number of Topliss-reactive ketones (excluding diaryl/α,β-unsaturated/α-hetero) is 1. The Morgan fingerprint density at radius 2 is 1.71 bits per heavy atom. The standard InChI is InChI=1S/C24H18N2O5/c1-15-13-17(11-12-21(15)26(29)30)24(28)31-23(16-7-3-2-4-8-16)22(27)19-14-25-20-10-6-5-9-18(19)20/h2-14,23,25H,1H3. The van der Waals surface area contributed by atoms with Gasteiger partial charge in [0, 0.05) is 39.9 Å². The Balaban J connectivity index is 1.69. The molecule has 0 spiro atoms. The van der Waals surface area contributed by atoms with Crippen molar-refractivity contribution in [1.82, 2.24) is 4.98 Å². The van der Waals surface area contributed by atoms with Gasteiger partial charge in [0.25, 0.3) is 5.69 Å². The number of aromatic nitrogens is 1. The Hall–Kier alpha value is -4.26. The predicted molar refractivity (Wildman–Crippen MR) is 115 cm³/mol. The van der Waals surface area contributed by atoms with Crippen LogP contribution < -0.4 is 0 Å². The molecule has 1 heterocycles. The van der Waals surface area contributed by atoms with E-state index in [2.05, 4.69) is 4.98 Å². The number of ether oxygens (including phenoxy) is 1. The number of benzene rings is 3. The largest absolute Gasteiger partial charge is 0.445 e. The van der Waals surface area contributed by atoms with Crippen LogP contribution in [0.15, 0.2) is 79.0 Å². The van der Waals surface area contributed by atoms with E-state index in [1.54, 1.807) is 43.5 Å². The van der Waals surface area contributed by atoms with Gasteiger partial charge in [-0.3, -0.25) is 14.9 Å². The van der Waals surface area contributed by atoms with Crippen molar-refractivity contribution >= 4 is 28.3 Å². The van der Waals surface area contributed by atoms with E-state index in [4.69, 9.17) is 4.74 Å². The van der Waals surface area contributed by atoms with Gasteiger partial charge in [-0.25, -0.2) is 4.79 Å². The van der Waals surface area contributed by atoms with Gasteiger partial charge in [0.1, 0.15) is 0 Å². The predicted octanol–water partition coefficient (Wildman–Crippen LogP) is 5.17. The quantitative estimate of drug-likeness (QED) is 0.203. The number of nitrogens with one attached hydrogen (secondary N) is 1. The second-order valence-corrected chi connectivity index (χ2v) is 7.07. The molecule has 0 bridgehead atoms. The normalized spacial score (nSPS) is 11.8. The van der Waals surface area contributed by atoms with Crippen molar-refractivity contribution in [2.24, 2.45) is 0 Å². The lowest BCUT2D eigenvalue weighted by atomic mass is 9.99. The molecule has 7 heteroatoms. The molecule has 0 aliphatic rings. The van der Waals surface area contributed by atoms with Gasteiger partial charge in [-0.05, 0) is 25.1 Å². The monoisotopic (exact) mass is 414 g/mol. The minimum Gasteiger partial charge on any atom is -0.445 e. The summed E-state index contributed by atoms with van der Waals surface area (Å²) in [5.74, 6) is -1.10. The van der Waals surface area contributed by atoms with Crippen LogP contribution in [-0.2, 0) is 4.74 Å². The van der Waals surface area contributed by atoms with Crippen LogP contribution in [0.2, 0.25) is 0 Å². The first-order valence-corrected chi connectivity index (χ1v) is 9.57. The number of nitro benzene ring substituents is 1. The summed E-state index contributed by atoms with van der Waals surface area (Å²) < 4.78 is 5.64. The highest BCUT2D eigenvalue weighted by Crippen LogP contribution is 2.28. The van der Waals surface area contributed by atoms with Crippen molar-refractivity contribution in [3.63, 3.8) is 0 Å². The van der Waals surface area contributed by atoms with E-state index in [1.807, 2.05) is 24.3 Å². The number of fused-ring (bicyclic) bond motifs is 1. The first kappa shape index (κ1) is 20.0. The van der Waals surface area contributed by atoms with E-state index in [0.29, 0.717) is 16.7 Å². The van der Waals surface area contributed by atoms with Crippen LogP contribution in [0.4, 0.5) is 5.69 Å². The fourth-order valence-electron chi connectivity index (χ4n) is 3.48. The van der Waals surface area contributed by atoms with Gasteiger partial charge in [-0.15, -0.1) is 0 Å². The maximum absolute atomic E-state index is 13.4. The van der Waals surface area contributed by atoms with Crippen LogP contribution >= 0.6 is 0 Å². The molecule has 4 aromatic rings. The number of carbonyl (C=O) groups is 2. The molecule has 1 N–H and O–H groups in total. The minimum atomic E-state index is -1.16. The smallest absolute Gasteiger partial charge is 0.339 e. The Morgan fingerprint density at radius 3 is 2.42 bits per heavy atom. The molecule has 0 radical (unpaired) electrons. The Kier molecular flexibility index (Phi) is 5.32. The van der Waals surface area contributed by atoms with Gasteiger partial charge in [-0.2, -0.15) is 0 Å². The lowest BCUT2D eigenvalue weighted by molar-refractivity contribution is -0.385. The number of nitro groups is 1. The van der Waals surface area contributed by atoms with Gasteiger partial charge in [-0.1, -0.05) is 48.5 Å². The molecular weight excluding hydrogens is 396 g/mol. The van der Waals surface area contributed by atoms with Crippen molar-refractivity contribution in [3.8, 4) is 0 Å². The number of nitrogens with zero attached hydrogens (tertiary/aromatic N) is 1. The maximum atomic E-state index is 13.4. The summed E-state index contributed by atoms with van der Waals surface area (Å²) in [7, 11) is 0. The number of H-pyrrole nitrogens is 1. The summed E-state index contributed by atoms with van der Waals surface area (Å²) in [5.41, 5.74) is 2.12. The fraction of sp³-hybridized carbons (Fsp3) is 0.0833. The van der Waals surface area contributed by atoms with Crippen LogP contribution in [0.25, 0.3) is 10.9 Å². The van der Waals surface area contributed by atoms with E-state index in [-0.39, 0.29) is 17.0 Å². The molecule has 3 aromatic carbocycles. The molecule has 0 fully saturated rings. The number of hydrogen-bond acceptors (Lipinski definition) is 5. The molecule has 0 aliphatic carbocycles. The molecule has 4 rings (SSSR count). The topological polar surface area (TPSA) is 102 Å². The van der Waals surface area contributed by atoms with Gasteiger partial charge >= 0.3 is 5.97 Å². The second-order valence-electron chi connectivity index (χ2n) is 7.07. The summed E-state index contributed by atoms with van der Waals surface area (Å²) >= 11 is 0. The minimum absolute atomic E-state index is 0.0916. The third-order valence-corrected chi connectivity index (χ3v) is 5.05. The van der Waals surface area contributed by atoms with Crippen molar-refractivity contribution in [2.45, 2.75) is 13.0 Å². The Labute approximate surface area is 177 Å². The highest BCUT2D eigenvalue weighted by molar-refractivity contribution is 6.11. The van der Waals surface area contributed by atoms with E-state index in [9.17, 15) is 19.7 Å². The fourth-order valence-corrected chi connectivity index (χ4v) is 3.48. The van der Waals surface area contributed by atoms with Gasteiger partial charge in [0.2, 0.25) is 5.78 Å². The molecule has 1 atom stereocenters. The van der Waals surface area contributed by atoms with Crippen LogP contribution in [0.5, 0.6) is 0 Å². The average molecular weight is 414 g/mol. The zero-order chi connectivity index (χ0) is 22.0. The first-order valence-electron chi connectivity index (χ1n) is 9.57. The number of rotatable bonds is 6. The molecule has 0 saturated heterocycles. The van der Waals surface area contributed by atoms with Gasteiger partial charge < -0.3 is 9.72 Å². The molecular formula is C24H18N2O5. The van der Waals surface area contributed by atoms with E-state index in [0.717, 1.165) is 10.9 Å². The number of aryl methyl sites for hydroxylation is 1. The van der Waals surface area contributed by atoms with Crippen LogP contribution in [0.1, 0.15) is 37.9 Å². The maximum Gasteiger partial charge on any atom is 0.339 e. The van der Waals surface area contributed by atoms with Crippen LogP contribution in [-0.4, -0.2) is 21.7 Å². The first-order chi connectivity index (χ1) is 15.0. The molecule has 1 aromatic heterocycles. The van der Waals surface area contributed by atoms with Crippen molar-refractivity contribution in [2.75, 3.05) is 0 Å². The van der Waals surface area contributed by atoms with E-state index >= 15 is 0 Å². The molecule has 0 amide bonds. The van der Waals surface area contributed by atoms with Crippen LogP contribution in [0.3, 0.4) is 0 Å². The van der Waals surface area contributed by atoms with Gasteiger partial charge in [0.05, 0.1) is 10.5 Å². The number of para-hydroxylation sites is 1. The third-order valence-electron chi connectivity index (χ3n) is 5.05. The third kappa shape index (κ3) is 3.93. The molecule has 154 valence electrons. The SMILES string of the molecule is Cc1cc(C(=O)OC(C(=O)c2c[nH]c3ccccc23)c2ccccc2)ccc1[N+](=O)[O-]. The summed E-state index contributed by atoms with van der Waals surface area (Å²) in [6, 6.07) is 20.1. The summed E-state index contributed by atoms with van der Waals surface area (Å²) in [6.45, 7) is 1.54. The number of aromatic amines is 1. The molecule has 1 unspecified atom stereocenters. The lowest BCUT2D eigenvalue weighted by Gasteiger charge is -2.17. The zero-order valence-electron chi connectivity index (χ0n) is 16.6. The summed E-state index contributed by atoms with van der Waals surface area (Å²) in [6.07, 6.45) is 0.440. The summed E-state index contributed by atoms with van der Waals surface area (Å²) in [4.78, 5) is 39.8. The van der Waals surface area contributed by atoms with Crippen LogP contribution in [0, 0.1) is 17.0 Å². The highest BCUT2D eigenvalue weighted by atomic mass is 16.6. The number of ketones is 1. The molecule has 0 saturated carbocycles. The van der Waals surface area contributed by atoms with Crippen molar-refractivity contribution < 1.29 is 19.2 Å². The second kappa shape index (κ2) is 8.23. The van der Waals surface area contributed by atoms with Gasteiger partial charge in [0.15, 0.2) is 6.10 Å². The van der Waals surface area contributed by atoms with E-state index in [1.165, 1.54) is 18.2 Å². The molecule has 7 nitrogen and oxygen atoms in total. The van der Waals surface area contributed by atoms with Crippen molar-refractivity contribution in [1.29, 1.82) is 0 Å². The van der Waals surface area contributed by atoms with Crippen molar-refractivity contribution in [3.05, 3.63) is 111 Å². The number of carbonyl (C=O) groups excluding carboxylic acids is 2. The lowest BCUT2D eigenvalue weighted by Crippen LogP contribution is -2.20. The Morgan fingerprint density at radius 1 is 1.00 bits per heavy atom.